The number of nitrogens with zero attached hydrogens (tertiary/aromatic N) is 1. The maximum absolute atomic E-state index is 11.6. The van der Waals surface area contributed by atoms with E-state index < -0.39 is 0 Å². The summed E-state index contributed by atoms with van der Waals surface area (Å²) in [6.07, 6.45) is 0.961. The van der Waals surface area contributed by atoms with Crippen molar-refractivity contribution in [1.82, 2.24) is 10.2 Å². The minimum atomic E-state index is -0.0109. The normalized spacial score (nSPS) is 11.0. The molecule has 2 aromatic carbocycles. The number of nitrogens with one attached hydrogen (secondary N) is 1. The number of hydrogen-bond acceptors (Lipinski definition) is 3. The van der Waals surface area contributed by atoms with Crippen molar-refractivity contribution in [3.63, 3.8) is 0 Å². The Morgan fingerprint density at radius 1 is 1.24 bits per heavy atom. The molecule has 2 N–H and O–H groups in total. The van der Waals surface area contributed by atoms with Gasteiger partial charge in [0, 0.05) is 19.2 Å². The quantitative estimate of drug-likeness (QED) is 0.858. The third-order valence-electron chi connectivity index (χ3n) is 3.58. The van der Waals surface area contributed by atoms with Crippen LogP contribution in [0.25, 0.3) is 10.8 Å². The number of likely N-dealkylation sites (N-methyl/N-ethyl adjacent to an activating group) is 1. The standard InChI is InChI=1S/C17H22N2O2/c1-3-10-19(12-17(21)18-2)11-15-14-7-5-4-6-13(14)8-9-16(15)20/h4-9,20H,3,10-12H2,1-2H3,(H,18,21). The van der Waals surface area contributed by atoms with E-state index in [-0.39, 0.29) is 11.7 Å². The van der Waals surface area contributed by atoms with Gasteiger partial charge in [-0.2, -0.15) is 0 Å². The van der Waals surface area contributed by atoms with E-state index in [2.05, 4.69) is 17.1 Å². The van der Waals surface area contributed by atoms with Crippen molar-refractivity contribution < 1.29 is 9.90 Å². The lowest BCUT2D eigenvalue weighted by Crippen LogP contribution is -2.35. The molecule has 0 fully saturated rings. The second kappa shape index (κ2) is 7.09. The summed E-state index contributed by atoms with van der Waals surface area (Å²) in [5.74, 6) is 0.273. The average Bonchev–Trinajstić information content (AvgIpc) is 2.50. The molecule has 112 valence electrons. The van der Waals surface area contributed by atoms with E-state index >= 15 is 0 Å². The highest BCUT2D eigenvalue weighted by atomic mass is 16.3. The Morgan fingerprint density at radius 3 is 2.71 bits per heavy atom. The topological polar surface area (TPSA) is 52.6 Å². The first-order valence-electron chi connectivity index (χ1n) is 7.28. The third-order valence-corrected chi connectivity index (χ3v) is 3.58. The zero-order valence-electron chi connectivity index (χ0n) is 12.6. The molecular weight excluding hydrogens is 264 g/mol. The van der Waals surface area contributed by atoms with Gasteiger partial charge < -0.3 is 10.4 Å². The molecule has 2 aromatic rings. The number of carbonyl (C=O) groups excluding carboxylic acids is 1. The molecule has 0 heterocycles. The van der Waals surface area contributed by atoms with Gasteiger partial charge >= 0.3 is 0 Å². The maximum atomic E-state index is 11.6. The molecule has 0 saturated carbocycles. The summed E-state index contributed by atoms with van der Waals surface area (Å²) >= 11 is 0. The minimum absolute atomic E-state index is 0.0109. The van der Waals surface area contributed by atoms with Gasteiger partial charge in [0.1, 0.15) is 5.75 Å². The van der Waals surface area contributed by atoms with Gasteiger partial charge in [0.2, 0.25) is 5.91 Å². The van der Waals surface area contributed by atoms with Crippen molar-refractivity contribution in [2.24, 2.45) is 0 Å². The summed E-state index contributed by atoms with van der Waals surface area (Å²) in [6, 6.07) is 11.6. The molecule has 0 spiro atoms. The van der Waals surface area contributed by atoms with E-state index in [9.17, 15) is 9.90 Å². The Hall–Kier alpha value is -2.07. The van der Waals surface area contributed by atoms with Crippen LogP contribution in [0.3, 0.4) is 0 Å². The predicted octanol–water partition coefficient (Wildman–Crippen LogP) is 2.50. The summed E-state index contributed by atoms with van der Waals surface area (Å²) in [5.41, 5.74) is 0.880. The van der Waals surface area contributed by atoms with Crippen LogP contribution < -0.4 is 5.32 Å². The lowest BCUT2D eigenvalue weighted by atomic mass is 10.0. The lowest BCUT2D eigenvalue weighted by Gasteiger charge is -2.22. The Kier molecular flexibility index (Phi) is 5.17. The van der Waals surface area contributed by atoms with Gasteiger partial charge in [-0.05, 0) is 29.8 Å². The molecule has 2 rings (SSSR count). The molecule has 0 radical (unpaired) electrons. The molecule has 0 saturated heterocycles. The molecule has 21 heavy (non-hydrogen) atoms. The molecular formula is C17H22N2O2. The number of rotatable bonds is 6. The minimum Gasteiger partial charge on any atom is -0.508 e. The number of benzene rings is 2. The van der Waals surface area contributed by atoms with E-state index in [0.717, 1.165) is 29.3 Å². The van der Waals surface area contributed by atoms with Gasteiger partial charge in [-0.1, -0.05) is 37.3 Å². The van der Waals surface area contributed by atoms with E-state index in [0.29, 0.717) is 13.1 Å². The summed E-state index contributed by atoms with van der Waals surface area (Å²) < 4.78 is 0. The van der Waals surface area contributed by atoms with Crippen molar-refractivity contribution in [1.29, 1.82) is 0 Å². The number of phenolic OH excluding ortho intramolecular Hbond substituents is 1. The van der Waals surface area contributed by atoms with E-state index in [4.69, 9.17) is 0 Å². The summed E-state index contributed by atoms with van der Waals surface area (Å²) in [7, 11) is 1.64. The molecule has 0 bridgehead atoms. The van der Waals surface area contributed by atoms with E-state index in [1.165, 1.54) is 0 Å². The number of amides is 1. The van der Waals surface area contributed by atoms with Crippen LogP contribution in [0.5, 0.6) is 5.75 Å². The first kappa shape index (κ1) is 15.3. The fraction of sp³-hybridized carbons (Fsp3) is 0.353. The number of phenols is 1. The van der Waals surface area contributed by atoms with Crippen molar-refractivity contribution in [2.75, 3.05) is 20.1 Å². The van der Waals surface area contributed by atoms with Crippen molar-refractivity contribution >= 4 is 16.7 Å². The van der Waals surface area contributed by atoms with Crippen LogP contribution in [0.1, 0.15) is 18.9 Å². The zero-order chi connectivity index (χ0) is 15.2. The average molecular weight is 286 g/mol. The second-order valence-corrected chi connectivity index (χ2v) is 5.17. The van der Waals surface area contributed by atoms with Crippen LogP contribution in [-0.2, 0) is 11.3 Å². The van der Waals surface area contributed by atoms with Crippen molar-refractivity contribution in [3.05, 3.63) is 42.0 Å². The van der Waals surface area contributed by atoms with Gasteiger partial charge in [0.25, 0.3) is 0 Å². The van der Waals surface area contributed by atoms with Crippen LogP contribution in [0, 0.1) is 0 Å². The van der Waals surface area contributed by atoms with Gasteiger partial charge in [-0.3, -0.25) is 9.69 Å². The molecule has 0 unspecified atom stereocenters. The molecule has 4 nitrogen and oxygen atoms in total. The van der Waals surface area contributed by atoms with E-state index in [1.807, 2.05) is 30.3 Å². The first-order valence-corrected chi connectivity index (χ1v) is 7.28. The molecule has 0 atom stereocenters. The lowest BCUT2D eigenvalue weighted by molar-refractivity contribution is -0.121. The van der Waals surface area contributed by atoms with E-state index in [1.54, 1.807) is 13.1 Å². The number of carbonyl (C=O) groups is 1. The smallest absolute Gasteiger partial charge is 0.233 e. The molecule has 0 aliphatic carbocycles. The van der Waals surface area contributed by atoms with Gasteiger partial charge in [0.05, 0.1) is 6.54 Å². The highest BCUT2D eigenvalue weighted by Gasteiger charge is 2.14. The molecule has 1 amide bonds. The third kappa shape index (κ3) is 3.73. The van der Waals surface area contributed by atoms with Crippen LogP contribution in [0.4, 0.5) is 0 Å². The Balaban J connectivity index is 2.31. The SMILES string of the molecule is CCCN(CC(=O)NC)Cc1c(O)ccc2ccccc12. The number of fused-ring (bicyclic) bond motifs is 1. The fourth-order valence-electron chi connectivity index (χ4n) is 2.53. The second-order valence-electron chi connectivity index (χ2n) is 5.17. The van der Waals surface area contributed by atoms with Crippen LogP contribution in [0.2, 0.25) is 0 Å². The van der Waals surface area contributed by atoms with Crippen LogP contribution in [0.15, 0.2) is 36.4 Å². The van der Waals surface area contributed by atoms with Crippen molar-refractivity contribution in [2.45, 2.75) is 19.9 Å². The Morgan fingerprint density at radius 2 is 2.00 bits per heavy atom. The summed E-state index contributed by atoms with van der Waals surface area (Å²) in [4.78, 5) is 13.7. The monoisotopic (exact) mass is 286 g/mol. The summed E-state index contributed by atoms with van der Waals surface area (Å²) in [6.45, 7) is 3.80. The highest BCUT2D eigenvalue weighted by molar-refractivity contribution is 5.87. The predicted molar refractivity (Wildman–Crippen MR) is 85.2 cm³/mol. The van der Waals surface area contributed by atoms with Gasteiger partial charge in [-0.25, -0.2) is 0 Å². The zero-order valence-corrected chi connectivity index (χ0v) is 12.6. The van der Waals surface area contributed by atoms with Crippen LogP contribution >= 0.6 is 0 Å². The Bertz CT molecular complexity index is 625. The Labute approximate surface area is 125 Å². The maximum Gasteiger partial charge on any atom is 0.233 e. The largest absolute Gasteiger partial charge is 0.508 e. The fourth-order valence-corrected chi connectivity index (χ4v) is 2.53. The van der Waals surface area contributed by atoms with Gasteiger partial charge in [-0.15, -0.1) is 0 Å². The first-order chi connectivity index (χ1) is 10.2. The van der Waals surface area contributed by atoms with Gasteiger partial charge in [0.15, 0.2) is 0 Å². The molecule has 4 heteroatoms. The molecule has 0 aromatic heterocycles. The van der Waals surface area contributed by atoms with Crippen LogP contribution in [-0.4, -0.2) is 36.1 Å². The number of aromatic hydroxyl groups is 1. The highest BCUT2D eigenvalue weighted by Crippen LogP contribution is 2.28. The summed E-state index contributed by atoms with van der Waals surface area (Å²) in [5, 5.41) is 15.0. The van der Waals surface area contributed by atoms with Crippen molar-refractivity contribution in [3.8, 4) is 5.75 Å². The molecule has 0 aliphatic rings. The molecule has 0 aliphatic heterocycles. The number of hydrogen-bond donors (Lipinski definition) is 2.